The first-order valence-electron chi connectivity index (χ1n) is 12.4. The average molecular weight is 461 g/mol. The van der Waals surface area contributed by atoms with Gasteiger partial charge in [-0.05, 0) is 98.6 Å². The molecule has 3 aliphatic rings. The van der Waals surface area contributed by atoms with Crippen molar-refractivity contribution in [2.45, 2.75) is 71.3 Å². The Kier molecular flexibility index (Phi) is 5.83. The predicted octanol–water partition coefficient (Wildman–Crippen LogP) is 5.90. The molecule has 0 N–H and O–H groups in total. The van der Waals surface area contributed by atoms with E-state index in [4.69, 9.17) is 9.47 Å². The Morgan fingerprint density at radius 3 is 2.44 bits per heavy atom. The number of carbonyl (C=O) groups is 3. The number of hydrogen-bond acceptors (Lipinski definition) is 5. The highest BCUT2D eigenvalue weighted by Crippen LogP contribution is 2.61. The van der Waals surface area contributed by atoms with Gasteiger partial charge in [0, 0.05) is 12.3 Å². The quantitative estimate of drug-likeness (QED) is 0.323. The molecule has 0 aromatic heterocycles. The van der Waals surface area contributed by atoms with E-state index in [0.29, 0.717) is 34.6 Å². The number of benzene rings is 2. The van der Waals surface area contributed by atoms with Gasteiger partial charge in [-0.1, -0.05) is 25.1 Å². The van der Waals surface area contributed by atoms with Crippen molar-refractivity contribution in [2.24, 2.45) is 17.3 Å². The largest absolute Gasteiger partial charge is 0.462 e. The van der Waals surface area contributed by atoms with Crippen molar-refractivity contribution in [3.05, 3.63) is 64.7 Å². The molecule has 0 spiro atoms. The first-order chi connectivity index (χ1) is 16.3. The van der Waals surface area contributed by atoms with Crippen LogP contribution in [0.5, 0.6) is 5.75 Å². The van der Waals surface area contributed by atoms with Crippen LogP contribution in [0, 0.1) is 17.3 Å². The first-order valence-corrected chi connectivity index (χ1v) is 12.4. The molecule has 5 atom stereocenters. The number of aryl methyl sites for hydroxylation is 1. The topological polar surface area (TPSA) is 69.7 Å². The second-order valence-electron chi connectivity index (χ2n) is 10.5. The number of carbonyl (C=O) groups excluding carboxylic acids is 3. The second-order valence-corrected chi connectivity index (χ2v) is 10.5. The normalized spacial score (nSPS) is 29.4. The van der Waals surface area contributed by atoms with E-state index < -0.39 is 5.97 Å². The second kappa shape index (κ2) is 8.68. The van der Waals surface area contributed by atoms with E-state index in [1.165, 1.54) is 25.0 Å². The SMILES string of the molecule is CC(=O)O[C@H]1CC[C@H]2[C@@H]3CCc4cc(OC(=O)c5ccccc5)c(C(C)=O)cc4[C@H]3CC[C@]12C. The Morgan fingerprint density at radius 1 is 0.971 bits per heavy atom. The molecule has 0 radical (unpaired) electrons. The van der Waals surface area contributed by atoms with E-state index in [9.17, 15) is 14.4 Å². The minimum atomic E-state index is -0.451. The molecule has 5 rings (SSSR count). The van der Waals surface area contributed by atoms with Gasteiger partial charge in [0.15, 0.2) is 5.78 Å². The predicted molar refractivity (Wildman–Crippen MR) is 128 cm³/mol. The molecule has 0 bridgehead atoms. The molecule has 0 aliphatic heterocycles. The van der Waals surface area contributed by atoms with Crippen molar-refractivity contribution in [2.75, 3.05) is 0 Å². The number of Topliss-reactive ketones (excluding diaryl/α,β-unsaturated/α-hetero) is 1. The van der Waals surface area contributed by atoms with Crippen LogP contribution >= 0.6 is 0 Å². The van der Waals surface area contributed by atoms with Crippen molar-refractivity contribution in [1.82, 2.24) is 0 Å². The van der Waals surface area contributed by atoms with Crippen molar-refractivity contribution >= 4 is 17.7 Å². The van der Waals surface area contributed by atoms with Crippen LogP contribution in [0.25, 0.3) is 0 Å². The van der Waals surface area contributed by atoms with Crippen LogP contribution in [0.2, 0.25) is 0 Å². The minimum Gasteiger partial charge on any atom is -0.462 e. The van der Waals surface area contributed by atoms with Gasteiger partial charge in [-0.15, -0.1) is 0 Å². The minimum absolute atomic E-state index is 0.00454. The monoisotopic (exact) mass is 460 g/mol. The maximum Gasteiger partial charge on any atom is 0.343 e. The lowest BCUT2D eigenvalue weighted by molar-refractivity contribution is -0.154. The number of fused-ring (bicyclic) bond motifs is 5. The molecule has 2 aromatic rings. The summed E-state index contributed by atoms with van der Waals surface area (Å²) in [5.41, 5.74) is 3.38. The highest BCUT2D eigenvalue weighted by atomic mass is 16.5. The van der Waals surface area contributed by atoms with Gasteiger partial charge in [-0.25, -0.2) is 4.79 Å². The van der Waals surface area contributed by atoms with Gasteiger partial charge in [0.1, 0.15) is 11.9 Å². The summed E-state index contributed by atoms with van der Waals surface area (Å²) in [5.74, 6) is 1.03. The number of ketones is 1. The van der Waals surface area contributed by atoms with E-state index in [-0.39, 0.29) is 23.3 Å². The summed E-state index contributed by atoms with van der Waals surface area (Å²) < 4.78 is 11.5. The Morgan fingerprint density at radius 2 is 1.74 bits per heavy atom. The average Bonchev–Trinajstić information content (AvgIpc) is 3.14. The molecule has 2 aromatic carbocycles. The molecule has 0 heterocycles. The fraction of sp³-hybridized carbons (Fsp3) is 0.483. The van der Waals surface area contributed by atoms with Crippen molar-refractivity contribution in [3.8, 4) is 5.75 Å². The van der Waals surface area contributed by atoms with Crippen LogP contribution in [0.15, 0.2) is 42.5 Å². The number of esters is 2. The van der Waals surface area contributed by atoms with Crippen molar-refractivity contribution in [1.29, 1.82) is 0 Å². The lowest BCUT2D eigenvalue weighted by Crippen LogP contribution is -2.45. The van der Waals surface area contributed by atoms with Gasteiger partial charge in [-0.3, -0.25) is 9.59 Å². The van der Waals surface area contributed by atoms with Gasteiger partial charge in [0.2, 0.25) is 0 Å². The van der Waals surface area contributed by atoms with Crippen LogP contribution in [-0.4, -0.2) is 23.8 Å². The third-order valence-corrected chi connectivity index (χ3v) is 8.64. The summed E-state index contributed by atoms with van der Waals surface area (Å²) >= 11 is 0. The molecule has 0 amide bonds. The highest BCUT2D eigenvalue weighted by molar-refractivity contribution is 5.99. The van der Waals surface area contributed by atoms with E-state index in [1.807, 2.05) is 18.2 Å². The van der Waals surface area contributed by atoms with Gasteiger partial charge in [-0.2, -0.15) is 0 Å². The van der Waals surface area contributed by atoms with E-state index >= 15 is 0 Å². The van der Waals surface area contributed by atoms with Crippen LogP contribution < -0.4 is 4.74 Å². The fourth-order valence-corrected chi connectivity index (χ4v) is 7.04. The summed E-state index contributed by atoms with van der Waals surface area (Å²) in [6, 6.07) is 12.8. The van der Waals surface area contributed by atoms with E-state index in [0.717, 1.165) is 38.5 Å². The zero-order valence-electron chi connectivity index (χ0n) is 20.1. The Balaban J connectivity index is 1.44. The third-order valence-electron chi connectivity index (χ3n) is 8.64. The summed E-state index contributed by atoms with van der Waals surface area (Å²) in [7, 11) is 0. The molecule has 5 heteroatoms. The molecular formula is C29H32O5. The summed E-state index contributed by atoms with van der Waals surface area (Å²) in [6.07, 6.45) is 6.01. The molecule has 178 valence electrons. The molecular weight excluding hydrogens is 428 g/mol. The summed E-state index contributed by atoms with van der Waals surface area (Å²) in [5, 5.41) is 0. The number of ether oxygens (including phenoxy) is 2. The Labute approximate surface area is 200 Å². The molecule has 34 heavy (non-hydrogen) atoms. The zero-order chi connectivity index (χ0) is 24.0. The van der Waals surface area contributed by atoms with Gasteiger partial charge in [0.25, 0.3) is 0 Å². The summed E-state index contributed by atoms with van der Waals surface area (Å²) in [6.45, 7) is 5.34. The molecule has 3 aliphatic carbocycles. The first kappa shape index (κ1) is 22.8. The number of rotatable bonds is 4. The fourth-order valence-electron chi connectivity index (χ4n) is 7.04. The van der Waals surface area contributed by atoms with Crippen molar-refractivity contribution in [3.63, 3.8) is 0 Å². The van der Waals surface area contributed by atoms with Crippen LogP contribution in [0.1, 0.15) is 90.6 Å². The van der Waals surface area contributed by atoms with E-state index in [2.05, 4.69) is 6.92 Å². The van der Waals surface area contributed by atoms with E-state index in [1.54, 1.807) is 24.3 Å². The maximum atomic E-state index is 12.7. The van der Waals surface area contributed by atoms with Crippen LogP contribution in [-0.2, 0) is 16.0 Å². The molecule has 2 saturated carbocycles. The Hall–Kier alpha value is -2.95. The lowest BCUT2D eigenvalue weighted by Gasteiger charge is -2.50. The highest BCUT2D eigenvalue weighted by Gasteiger charge is 2.56. The third kappa shape index (κ3) is 3.85. The molecule has 5 nitrogen and oxygen atoms in total. The van der Waals surface area contributed by atoms with Gasteiger partial charge < -0.3 is 9.47 Å². The van der Waals surface area contributed by atoms with Gasteiger partial charge >= 0.3 is 11.9 Å². The summed E-state index contributed by atoms with van der Waals surface area (Å²) in [4.78, 5) is 36.9. The van der Waals surface area contributed by atoms with Crippen LogP contribution in [0.3, 0.4) is 0 Å². The smallest absolute Gasteiger partial charge is 0.343 e. The standard InChI is InChI=1S/C29H32O5/c1-17(30)23-16-24-20(15-26(23)34-28(32)19-7-5-4-6-8-19)9-10-22-21(24)13-14-29(3)25(22)11-12-27(29)33-18(2)31/h4-8,15-16,21-22,25,27H,9-14H2,1-3H3/t21-,22+,25-,27-,29-/m0/s1. The maximum absolute atomic E-state index is 12.7. The lowest BCUT2D eigenvalue weighted by atomic mass is 9.55. The zero-order valence-corrected chi connectivity index (χ0v) is 20.1. The Bertz CT molecular complexity index is 1140. The van der Waals surface area contributed by atoms with Crippen LogP contribution in [0.4, 0.5) is 0 Å². The van der Waals surface area contributed by atoms with Crippen molar-refractivity contribution < 1.29 is 23.9 Å². The van der Waals surface area contributed by atoms with Gasteiger partial charge in [0.05, 0.1) is 11.1 Å². The molecule has 0 saturated heterocycles. The molecule has 0 unspecified atom stereocenters. The number of hydrogen-bond donors (Lipinski definition) is 0. The molecule has 2 fully saturated rings.